The van der Waals surface area contributed by atoms with Crippen LogP contribution in [0.3, 0.4) is 0 Å². The monoisotopic (exact) mass is 283 g/mol. The molecule has 0 spiro atoms. The number of carbonyl (C=O) groups excluding carboxylic acids is 1. The summed E-state index contributed by atoms with van der Waals surface area (Å²) in [6, 6.07) is 6.51. The molecular weight excluding hydrogens is 270 g/mol. The van der Waals surface area contributed by atoms with Crippen LogP contribution in [-0.4, -0.2) is 24.0 Å². The third-order valence-electron chi connectivity index (χ3n) is 2.56. The summed E-state index contributed by atoms with van der Waals surface area (Å²) in [7, 11) is 0. The maximum absolute atomic E-state index is 11.6. The molecule has 0 radical (unpaired) electrons. The zero-order valence-corrected chi connectivity index (χ0v) is 11.2. The Kier molecular flexibility index (Phi) is 5.51. The molecule has 1 atom stereocenters. The summed E-state index contributed by atoms with van der Waals surface area (Å²) < 4.78 is 4.82. The normalized spacial score (nSPS) is 11.7. The van der Waals surface area contributed by atoms with Gasteiger partial charge in [0.15, 0.2) is 0 Å². The molecule has 102 valence electrons. The standard InChI is InChI=1S/C13H14ClNO4/c1-3-19-13(16)9(2)12(8-15(17)18)10-4-6-11(14)7-5-10/h4-7,12H,2-3,8H2,1H3. The molecule has 1 aromatic rings. The lowest BCUT2D eigenvalue weighted by Gasteiger charge is -2.15. The molecule has 0 N–H and O–H groups in total. The van der Waals surface area contributed by atoms with Crippen LogP contribution in [0.4, 0.5) is 0 Å². The molecule has 0 aliphatic heterocycles. The van der Waals surface area contributed by atoms with Crippen molar-refractivity contribution in [1.29, 1.82) is 0 Å². The lowest BCUT2D eigenvalue weighted by molar-refractivity contribution is -0.481. The highest BCUT2D eigenvalue weighted by Gasteiger charge is 2.26. The van der Waals surface area contributed by atoms with Crippen LogP contribution in [-0.2, 0) is 9.53 Å². The fourth-order valence-corrected chi connectivity index (χ4v) is 1.75. The molecule has 1 aromatic carbocycles. The molecule has 6 heteroatoms. The Labute approximate surface area is 116 Å². The first-order valence-corrected chi connectivity index (χ1v) is 6.06. The van der Waals surface area contributed by atoms with Gasteiger partial charge in [-0.25, -0.2) is 4.79 Å². The average Bonchev–Trinajstić information content (AvgIpc) is 2.36. The van der Waals surface area contributed by atoms with Gasteiger partial charge in [0.25, 0.3) is 0 Å². The first-order valence-electron chi connectivity index (χ1n) is 5.68. The Morgan fingerprint density at radius 1 is 1.47 bits per heavy atom. The van der Waals surface area contributed by atoms with Gasteiger partial charge < -0.3 is 4.74 Å². The van der Waals surface area contributed by atoms with E-state index in [4.69, 9.17) is 16.3 Å². The smallest absolute Gasteiger partial charge is 0.334 e. The number of hydrogen-bond donors (Lipinski definition) is 0. The number of ether oxygens (including phenoxy) is 1. The molecule has 0 heterocycles. The van der Waals surface area contributed by atoms with Crippen molar-refractivity contribution in [3.63, 3.8) is 0 Å². The van der Waals surface area contributed by atoms with Gasteiger partial charge in [0, 0.05) is 15.5 Å². The van der Waals surface area contributed by atoms with Gasteiger partial charge in [-0.05, 0) is 24.6 Å². The van der Waals surface area contributed by atoms with Crippen LogP contribution in [0.25, 0.3) is 0 Å². The molecule has 0 saturated carbocycles. The lowest BCUT2D eigenvalue weighted by Crippen LogP contribution is -2.20. The minimum absolute atomic E-state index is 0.0703. The highest BCUT2D eigenvalue weighted by atomic mass is 35.5. The number of nitro groups is 1. The number of rotatable bonds is 6. The SMILES string of the molecule is C=C(C(=O)OCC)C(C[N+](=O)[O-])c1ccc(Cl)cc1. The predicted molar refractivity (Wildman–Crippen MR) is 71.8 cm³/mol. The van der Waals surface area contributed by atoms with Crippen molar-refractivity contribution in [1.82, 2.24) is 0 Å². The van der Waals surface area contributed by atoms with Crippen molar-refractivity contribution in [2.45, 2.75) is 12.8 Å². The van der Waals surface area contributed by atoms with Crippen molar-refractivity contribution in [3.05, 3.63) is 57.1 Å². The molecule has 0 aromatic heterocycles. The zero-order valence-electron chi connectivity index (χ0n) is 10.5. The Morgan fingerprint density at radius 2 is 2.05 bits per heavy atom. The molecule has 0 fully saturated rings. The summed E-state index contributed by atoms with van der Waals surface area (Å²) in [4.78, 5) is 21.9. The highest BCUT2D eigenvalue weighted by Crippen LogP contribution is 2.25. The van der Waals surface area contributed by atoms with E-state index in [1.54, 1.807) is 31.2 Å². The molecule has 0 saturated heterocycles. The van der Waals surface area contributed by atoms with E-state index in [-0.39, 0.29) is 12.2 Å². The summed E-state index contributed by atoms with van der Waals surface area (Å²) in [6.07, 6.45) is 0. The van der Waals surface area contributed by atoms with Crippen LogP contribution in [0.1, 0.15) is 18.4 Å². The molecule has 1 unspecified atom stereocenters. The van der Waals surface area contributed by atoms with E-state index in [1.807, 2.05) is 0 Å². The molecule has 0 aliphatic carbocycles. The lowest BCUT2D eigenvalue weighted by atomic mass is 9.92. The maximum atomic E-state index is 11.6. The number of halogens is 1. The van der Waals surface area contributed by atoms with Gasteiger partial charge >= 0.3 is 5.97 Å². The molecular formula is C13H14ClNO4. The maximum Gasteiger partial charge on any atom is 0.334 e. The minimum Gasteiger partial charge on any atom is -0.463 e. The van der Waals surface area contributed by atoms with Crippen LogP contribution < -0.4 is 0 Å². The second-order valence-corrected chi connectivity index (χ2v) is 4.30. The van der Waals surface area contributed by atoms with Gasteiger partial charge in [-0.15, -0.1) is 0 Å². The Morgan fingerprint density at radius 3 is 2.53 bits per heavy atom. The predicted octanol–water partition coefficient (Wildman–Crippen LogP) is 2.82. The third-order valence-corrected chi connectivity index (χ3v) is 2.81. The van der Waals surface area contributed by atoms with E-state index in [2.05, 4.69) is 6.58 Å². The van der Waals surface area contributed by atoms with E-state index in [0.717, 1.165) is 0 Å². The molecule has 1 rings (SSSR count). The number of esters is 1. The number of benzene rings is 1. The van der Waals surface area contributed by atoms with Crippen molar-refractivity contribution in [3.8, 4) is 0 Å². The molecule has 0 aliphatic rings. The Balaban J connectivity index is 3.00. The molecule has 5 nitrogen and oxygen atoms in total. The van der Waals surface area contributed by atoms with Crippen LogP contribution in [0.5, 0.6) is 0 Å². The Bertz CT molecular complexity index is 484. The van der Waals surface area contributed by atoms with Crippen molar-refractivity contribution in [2.24, 2.45) is 0 Å². The van der Waals surface area contributed by atoms with Crippen molar-refractivity contribution in [2.75, 3.05) is 13.2 Å². The fourth-order valence-electron chi connectivity index (χ4n) is 1.63. The summed E-state index contributed by atoms with van der Waals surface area (Å²) in [5, 5.41) is 11.2. The quantitative estimate of drug-likeness (QED) is 0.348. The second-order valence-electron chi connectivity index (χ2n) is 3.87. The van der Waals surface area contributed by atoms with Gasteiger partial charge in [-0.3, -0.25) is 10.1 Å². The van der Waals surface area contributed by atoms with Crippen LogP contribution in [0, 0.1) is 10.1 Å². The topological polar surface area (TPSA) is 69.4 Å². The third kappa shape index (κ3) is 4.37. The minimum atomic E-state index is -0.716. The second kappa shape index (κ2) is 6.89. The first-order chi connectivity index (χ1) is 8.95. The van der Waals surface area contributed by atoms with Gasteiger partial charge in [-0.1, -0.05) is 30.3 Å². The van der Waals surface area contributed by atoms with Crippen molar-refractivity contribution >= 4 is 17.6 Å². The summed E-state index contributed by atoms with van der Waals surface area (Å²) in [5.74, 6) is -1.34. The van der Waals surface area contributed by atoms with Gasteiger partial charge in [0.05, 0.1) is 12.5 Å². The zero-order chi connectivity index (χ0) is 14.4. The van der Waals surface area contributed by atoms with Crippen LogP contribution >= 0.6 is 11.6 Å². The Hall–Kier alpha value is -1.88. The molecule has 0 bridgehead atoms. The van der Waals surface area contributed by atoms with Crippen LogP contribution in [0.2, 0.25) is 5.02 Å². The molecule has 19 heavy (non-hydrogen) atoms. The first kappa shape index (κ1) is 15.2. The van der Waals surface area contributed by atoms with E-state index < -0.39 is 23.4 Å². The number of nitrogens with zero attached hydrogens (tertiary/aromatic N) is 1. The highest BCUT2D eigenvalue weighted by molar-refractivity contribution is 6.30. The van der Waals surface area contributed by atoms with Crippen LogP contribution in [0.15, 0.2) is 36.4 Å². The van der Waals surface area contributed by atoms with Gasteiger partial charge in [-0.2, -0.15) is 0 Å². The van der Waals surface area contributed by atoms with E-state index >= 15 is 0 Å². The number of carbonyl (C=O) groups is 1. The summed E-state index contributed by atoms with van der Waals surface area (Å²) in [5.41, 5.74) is 0.681. The largest absolute Gasteiger partial charge is 0.463 e. The molecule has 0 amide bonds. The van der Waals surface area contributed by atoms with E-state index in [0.29, 0.717) is 10.6 Å². The number of hydrogen-bond acceptors (Lipinski definition) is 4. The van der Waals surface area contributed by atoms with Gasteiger partial charge in [0.2, 0.25) is 6.54 Å². The fraction of sp³-hybridized carbons (Fsp3) is 0.308. The van der Waals surface area contributed by atoms with Gasteiger partial charge in [0.1, 0.15) is 0 Å². The average molecular weight is 284 g/mol. The van der Waals surface area contributed by atoms with E-state index in [1.165, 1.54) is 0 Å². The van der Waals surface area contributed by atoms with Crippen molar-refractivity contribution < 1.29 is 14.5 Å². The van der Waals surface area contributed by atoms with E-state index in [9.17, 15) is 14.9 Å². The summed E-state index contributed by atoms with van der Waals surface area (Å²) in [6.45, 7) is 5.06. The summed E-state index contributed by atoms with van der Waals surface area (Å²) >= 11 is 5.77.